The molecule has 5 rings (SSSR count). The third-order valence-electron chi connectivity index (χ3n) is 7.57. The Bertz CT molecular complexity index is 1810. The molecule has 0 aliphatic carbocycles. The van der Waals surface area contributed by atoms with Crippen LogP contribution in [0.5, 0.6) is 11.8 Å². The molecule has 242 valence electrons. The molecule has 1 fully saturated rings. The van der Waals surface area contributed by atoms with Crippen molar-refractivity contribution in [3.63, 3.8) is 0 Å². The minimum Gasteiger partial charge on any atom is -0.508 e. The number of methoxy groups -OCH3 is 2. The van der Waals surface area contributed by atoms with Gasteiger partial charge in [-0.05, 0) is 55.3 Å². The van der Waals surface area contributed by atoms with E-state index in [0.29, 0.717) is 34.1 Å². The Labute approximate surface area is 271 Å². The van der Waals surface area contributed by atoms with Gasteiger partial charge in [-0.15, -0.1) is 0 Å². The molecule has 1 aromatic heterocycles. The molecular weight excluding hydrogens is 617 g/mol. The van der Waals surface area contributed by atoms with Gasteiger partial charge in [-0.2, -0.15) is 15.2 Å². The average molecular weight is 652 g/mol. The highest BCUT2D eigenvalue weighted by atomic mass is 35.5. The van der Waals surface area contributed by atoms with E-state index in [-0.39, 0.29) is 54.0 Å². The van der Waals surface area contributed by atoms with E-state index in [0.717, 1.165) is 0 Å². The van der Waals surface area contributed by atoms with Crippen LogP contribution in [0.15, 0.2) is 42.5 Å². The molecule has 0 spiro atoms. The van der Waals surface area contributed by atoms with Crippen LogP contribution in [0, 0.1) is 17.1 Å². The average Bonchev–Trinajstić information content (AvgIpc) is 3.00. The van der Waals surface area contributed by atoms with Crippen LogP contribution in [-0.4, -0.2) is 84.5 Å². The molecule has 46 heavy (non-hydrogen) atoms. The van der Waals surface area contributed by atoms with E-state index in [4.69, 9.17) is 30.5 Å². The quantitative estimate of drug-likeness (QED) is 0.217. The minimum atomic E-state index is -0.734. The van der Waals surface area contributed by atoms with E-state index in [1.165, 1.54) is 25.2 Å². The zero-order chi connectivity index (χ0) is 33.2. The monoisotopic (exact) mass is 651 g/mol. The zero-order valence-electron chi connectivity index (χ0n) is 26.2. The lowest BCUT2D eigenvalue weighted by molar-refractivity contribution is -0.123. The summed E-state index contributed by atoms with van der Waals surface area (Å²) in [6.07, 6.45) is -1.22. The van der Waals surface area contributed by atoms with Gasteiger partial charge in [0.05, 0.1) is 23.6 Å². The number of amides is 1. The second-order valence-electron chi connectivity index (χ2n) is 11.8. The standard InChI is InChI=1S/C33H35ClFN5O6/c1-33(2,3)46-32(42)40-13-12-39(17-20(40)10-11-36)30-24-16-25(34)27(23-15-21(41)14-19-8-6-7-9-22(19)23)28(35)29(24)37-31(38-30)45-18-26(43-4)44-5/h6-9,14-16,20,26,41H,10,12-13,17-18H2,1-5H3/t20-/m0/s1. The number of phenols is 1. The Hall–Kier alpha value is -4.44. The molecule has 1 N–H and O–H groups in total. The maximum absolute atomic E-state index is 16.8. The van der Waals surface area contributed by atoms with Crippen LogP contribution in [0.3, 0.4) is 0 Å². The molecule has 1 atom stereocenters. The summed E-state index contributed by atoms with van der Waals surface area (Å²) in [6, 6.07) is 13.4. The maximum atomic E-state index is 16.8. The molecular formula is C33H35ClFN5O6. The van der Waals surface area contributed by atoms with Gasteiger partial charge in [0, 0.05) is 44.8 Å². The smallest absolute Gasteiger partial charge is 0.410 e. The van der Waals surface area contributed by atoms with Gasteiger partial charge in [0.25, 0.3) is 0 Å². The highest BCUT2D eigenvalue weighted by molar-refractivity contribution is 6.35. The normalized spacial score (nSPS) is 15.4. The summed E-state index contributed by atoms with van der Waals surface area (Å²) in [7, 11) is 2.91. The Morgan fingerprint density at radius 2 is 1.89 bits per heavy atom. The molecule has 0 bridgehead atoms. The number of rotatable bonds is 8. The summed E-state index contributed by atoms with van der Waals surface area (Å²) in [6.45, 7) is 5.97. The van der Waals surface area contributed by atoms with Crippen molar-refractivity contribution < 1.29 is 33.2 Å². The number of halogens is 2. The van der Waals surface area contributed by atoms with Crippen LogP contribution in [0.4, 0.5) is 15.0 Å². The largest absolute Gasteiger partial charge is 0.508 e. The van der Waals surface area contributed by atoms with E-state index < -0.39 is 29.8 Å². The van der Waals surface area contributed by atoms with Gasteiger partial charge < -0.3 is 33.9 Å². The number of nitriles is 1. The molecule has 2 heterocycles. The summed E-state index contributed by atoms with van der Waals surface area (Å²) in [5.74, 6) is -0.470. The van der Waals surface area contributed by atoms with Crippen molar-refractivity contribution in [1.82, 2.24) is 14.9 Å². The van der Waals surface area contributed by atoms with Crippen molar-refractivity contribution in [3.05, 3.63) is 53.3 Å². The van der Waals surface area contributed by atoms with Crippen molar-refractivity contribution in [2.24, 2.45) is 0 Å². The predicted octanol–water partition coefficient (Wildman–Crippen LogP) is 6.29. The van der Waals surface area contributed by atoms with E-state index in [2.05, 4.69) is 16.0 Å². The van der Waals surface area contributed by atoms with Crippen LogP contribution < -0.4 is 9.64 Å². The molecule has 3 aromatic carbocycles. The lowest BCUT2D eigenvalue weighted by Gasteiger charge is -2.41. The third-order valence-corrected chi connectivity index (χ3v) is 7.87. The number of piperazine rings is 1. The Balaban J connectivity index is 1.64. The van der Waals surface area contributed by atoms with Crippen LogP contribution in [-0.2, 0) is 14.2 Å². The van der Waals surface area contributed by atoms with Crippen molar-refractivity contribution >= 4 is 45.2 Å². The Morgan fingerprint density at radius 1 is 1.15 bits per heavy atom. The number of aromatic nitrogens is 2. The lowest BCUT2D eigenvalue weighted by Crippen LogP contribution is -2.56. The van der Waals surface area contributed by atoms with Gasteiger partial charge in [-0.3, -0.25) is 0 Å². The Kier molecular flexibility index (Phi) is 9.67. The number of benzene rings is 3. The van der Waals surface area contributed by atoms with Gasteiger partial charge in [0.2, 0.25) is 0 Å². The van der Waals surface area contributed by atoms with Crippen LogP contribution in [0.1, 0.15) is 27.2 Å². The molecule has 13 heteroatoms. The molecule has 1 aliphatic rings. The highest BCUT2D eigenvalue weighted by Crippen LogP contribution is 2.42. The first kappa shape index (κ1) is 32.9. The number of anilines is 1. The Morgan fingerprint density at radius 3 is 2.59 bits per heavy atom. The van der Waals surface area contributed by atoms with E-state index >= 15 is 4.39 Å². The first-order valence-corrected chi connectivity index (χ1v) is 15.0. The molecule has 11 nitrogen and oxygen atoms in total. The first-order chi connectivity index (χ1) is 21.9. The third kappa shape index (κ3) is 6.87. The molecule has 1 amide bonds. The summed E-state index contributed by atoms with van der Waals surface area (Å²) < 4.78 is 38.6. The van der Waals surface area contributed by atoms with Gasteiger partial charge in [-0.25, -0.2) is 9.18 Å². The summed E-state index contributed by atoms with van der Waals surface area (Å²) in [4.78, 5) is 25.5. The summed E-state index contributed by atoms with van der Waals surface area (Å²) in [5, 5.41) is 21.9. The number of carbonyl (C=O) groups excluding carboxylic acids is 1. The zero-order valence-corrected chi connectivity index (χ0v) is 27.0. The van der Waals surface area contributed by atoms with Crippen molar-refractivity contribution in [3.8, 4) is 29.0 Å². The second-order valence-corrected chi connectivity index (χ2v) is 12.2. The molecule has 0 radical (unpaired) electrons. The van der Waals surface area contributed by atoms with Gasteiger partial charge >= 0.3 is 12.1 Å². The summed E-state index contributed by atoms with van der Waals surface area (Å²) in [5.41, 5.74) is -0.331. The maximum Gasteiger partial charge on any atom is 0.410 e. The number of nitrogens with zero attached hydrogens (tertiary/aromatic N) is 5. The van der Waals surface area contributed by atoms with Crippen LogP contribution in [0.2, 0.25) is 5.02 Å². The van der Waals surface area contributed by atoms with Gasteiger partial charge in [-0.1, -0.05) is 35.9 Å². The van der Waals surface area contributed by atoms with Crippen molar-refractivity contribution in [2.45, 2.75) is 45.1 Å². The molecule has 0 unspecified atom stereocenters. The number of aromatic hydroxyl groups is 1. The van der Waals surface area contributed by atoms with Gasteiger partial charge in [0.1, 0.15) is 29.3 Å². The van der Waals surface area contributed by atoms with E-state index in [1.54, 1.807) is 32.9 Å². The lowest BCUT2D eigenvalue weighted by atomic mass is 9.96. The van der Waals surface area contributed by atoms with Crippen LogP contribution >= 0.6 is 11.6 Å². The van der Waals surface area contributed by atoms with Crippen LogP contribution in [0.25, 0.3) is 32.8 Å². The number of hydrogen-bond acceptors (Lipinski definition) is 10. The van der Waals surface area contributed by atoms with E-state index in [1.807, 2.05) is 29.2 Å². The number of ether oxygens (including phenoxy) is 4. The number of fused-ring (bicyclic) bond motifs is 2. The topological polar surface area (TPSA) is 130 Å². The fourth-order valence-electron chi connectivity index (χ4n) is 5.48. The minimum absolute atomic E-state index is 0.0370. The van der Waals surface area contributed by atoms with Crippen molar-refractivity contribution in [2.75, 3.05) is 45.4 Å². The molecule has 4 aromatic rings. The van der Waals surface area contributed by atoms with Crippen molar-refractivity contribution in [1.29, 1.82) is 5.26 Å². The number of carbonyl (C=O) groups is 1. The first-order valence-electron chi connectivity index (χ1n) is 14.7. The van der Waals surface area contributed by atoms with Gasteiger partial charge in [0.15, 0.2) is 12.1 Å². The second kappa shape index (κ2) is 13.5. The number of phenolic OH excluding ortho intramolecular Hbond substituents is 1. The highest BCUT2D eigenvalue weighted by Gasteiger charge is 2.35. The fourth-order valence-corrected chi connectivity index (χ4v) is 5.77. The molecule has 0 saturated carbocycles. The van der Waals surface area contributed by atoms with E-state index in [9.17, 15) is 15.2 Å². The number of hydrogen-bond donors (Lipinski definition) is 1. The fraction of sp³-hybridized carbons (Fsp3) is 0.394. The SMILES string of the molecule is COC(COc1nc(N2CCN(C(=O)OC(C)(C)C)[C@@H](CC#N)C2)c2cc(Cl)c(-c3cc(O)cc4ccccc34)c(F)c2n1)OC. The summed E-state index contributed by atoms with van der Waals surface area (Å²) >= 11 is 6.82. The molecule has 1 aliphatic heterocycles. The predicted molar refractivity (Wildman–Crippen MR) is 172 cm³/mol. The molecule has 1 saturated heterocycles.